The SMILES string of the molecule is O=C(O)C(F)(COC1O[C@H](CO)[C@@H](O)[C@H](O)[C@H]1O)C(=O)O.[NH-][C@@H]1CCCC[C@H]1[NH-].[Pt+2]. The number of rotatable bonds is 6. The predicted molar refractivity (Wildman–Crippen MR) is 93.5 cm³/mol. The van der Waals surface area contributed by atoms with Gasteiger partial charge >= 0.3 is 38.7 Å². The van der Waals surface area contributed by atoms with E-state index in [4.69, 9.17) is 31.5 Å². The number of hydrogen-bond acceptors (Lipinski definition) is 8. The number of alkyl halides is 1. The molecule has 30 heavy (non-hydrogen) atoms. The largest absolute Gasteiger partial charge is 2.00 e. The molecule has 1 unspecified atom stereocenters. The number of aliphatic carboxylic acids is 2. The van der Waals surface area contributed by atoms with Gasteiger partial charge in [-0.15, -0.1) is 0 Å². The van der Waals surface area contributed by atoms with E-state index in [0.29, 0.717) is 0 Å². The topological polar surface area (TPSA) is 222 Å². The van der Waals surface area contributed by atoms with E-state index < -0.39 is 61.5 Å². The molecular weight excluding hydrogens is 594 g/mol. The summed E-state index contributed by atoms with van der Waals surface area (Å²) in [6.07, 6.45) is -4.32. The quantitative estimate of drug-likeness (QED) is 0.200. The molecule has 178 valence electrons. The summed E-state index contributed by atoms with van der Waals surface area (Å²) in [6.45, 7) is -2.29. The van der Waals surface area contributed by atoms with Crippen LogP contribution in [0.5, 0.6) is 0 Å². The summed E-state index contributed by atoms with van der Waals surface area (Å²) >= 11 is 0. The summed E-state index contributed by atoms with van der Waals surface area (Å²) in [6, 6.07) is -0.160. The van der Waals surface area contributed by atoms with Gasteiger partial charge in [0.15, 0.2) is 6.29 Å². The molecule has 12 nitrogen and oxygen atoms in total. The van der Waals surface area contributed by atoms with Crippen molar-refractivity contribution in [1.82, 2.24) is 0 Å². The Kier molecular flexibility index (Phi) is 12.6. The molecule has 8 N–H and O–H groups in total. The Hall–Kier alpha value is -0.762. The van der Waals surface area contributed by atoms with Crippen molar-refractivity contribution in [2.24, 2.45) is 0 Å². The van der Waals surface area contributed by atoms with Crippen LogP contribution in [0.1, 0.15) is 25.7 Å². The van der Waals surface area contributed by atoms with Crippen molar-refractivity contribution >= 4 is 11.9 Å². The molecule has 1 aliphatic heterocycles. The van der Waals surface area contributed by atoms with Crippen LogP contribution in [0.4, 0.5) is 4.39 Å². The fraction of sp³-hybridized carbons (Fsp3) is 0.875. The van der Waals surface area contributed by atoms with Crippen LogP contribution in [0.3, 0.4) is 0 Å². The molecule has 7 atom stereocenters. The molecule has 0 amide bonds. The summed E-state index contributed by atoms with van der Waals surface area (Å²) in [5, 5.41) is 54.4. The Morgan fingerprint density at radius 2 is 1.47 bits per heavy atom. The first-order chi connectivity index (χ1) is 13.5. The van der Waals surface area contributed by atoms with Gasteiger partial charge in [0.25, 0.3) is 0 Å². The zero-order chi connectivity index (χ0) is 22.4. The molecule has 2 aliphatic rings. The molecule has 0 bridgehead atoms. The summed E-state index contributed by atoms with van der Waals surface area (Å²) in [5.41, 5.74) is 10.8. The summed E-state index contributed by atoms with van der Waals surface area (Å²) in [4.78, 5) is 21.2. The molecule has 0 aromatic rings. The standard InChI is InChI=1S/C10H15FO10.C6H12N2.Pt/c11-10(8(16)17,9(18)19)2-20-7-6(15)5(14)4(13)3(1-12)21-7;7-5-3-1-2-4-6(5)8;/h3-7,12-15H,1-2H2,(H,16,17)(H,18,19);5-8H,1-4H2;/q;-2;+2/t3-,4-,5+,6-,7?;5-,6-;/m11./s1. The minimum Gasteiger partial charge on any atom is -0.676 e. The minimum absolute atomic E-state index is 0. The molecule has 1 saturated carbocycles. The van der Waals surface area contributed by atoms with Crippen LogP contribution in [-0.4, -0.2) is 104 Å². The maximum absolute atomic E-state index is 13.6. The van der Waals surface area contributed by atoms with E-state index in [1.54, 1.807) is 0 Å². The van der Waals surface area contributed by atoms with Crippen LogP contribution in [0, 0.1) is 0 Å². The monoisotopic (exact) mass is 621 g/mol. The number of nitrogens with one attached hydrogen (secondary N) is 2. The predicted octanol–water partition coefficient (Wildman–Crippen LogP) is -0.920. The zero-order valence-electron chi connectivity index (χ0n) is 15.8. The van der Waals surface area contributed by atoms with Crippen molar-refractivity contribution in [2.45, 2.75) is 74.1 Å². The smallest absolute Gasteiger partial charge is 0.676 e. The minimum atomic E-state index is -3.78. The second-order valence-electron chi connectivity index (χ2n) is 6.92. The van der Waals surface area contributed by atoms with Crippen molar-refractivity contribution in [3.63, 3.8) is 0 Å². The van der Waals surface area contributed by atoms with E-state index in [0.717, 1.165) is 12.8 Å². The first-order valence-electron chi connectivity index (χ1n) is 8.95. The van der Waals surface area contributed by atoms with Gasteiger partial charge in [-0.2, -0.15) is 12.1 Å². The number of carboxylic acid groups (broad SMARTS) is 2. The van der Waals surface area contributed by atoms with Crippen molar-refractivity contribution in [3.8, 4) is 0 Å². The van der Waals surface area contributed by atoms with Crippen molar-refractivity contribution in [2.75, 3.05) is 13.2 Å². The van der Waals surface area contributed by atoms with E-state index in [1.807, 2.05) is 0 Å². The molecule has 1 saturated heterocycles. The zero-order valence-corrected chi connectivity index (χ0v) is 18.1. The van der Waals surface area contributed by atoms with Crippen molar-refractivity contribution in [1.29, 1.82) is 0 Å². The Labute approximate surface area is 186 Å². The Bertz CT molecular complexity index is 534. The van der Waals surface area contributed by atoms with Gasteiger partial charge in [0.1, 0.15) is 31.0 Å². The molecule has 0 aromatic carbocycles. The second kappa shape index (κ2) is 12.9. The average molecular weight is 621 g/mol. The number of ether oxygens (including phenoxy) is 2. The summed E-state index contributed by atoms with van der Waals surface area (Å²) < 4.78 is 23.0. The fourth-order valence-corrected chi connectivity index (χ4v) is 2.75. The maximum atomic E-state index is 13.6. The van der Waals surface area contributed by atoms with Gasteiger partial charge in [0.05, 0.1) is 6.61 Å². The summed E-state index contributed by atoms with van der Waals surface area (Å²) in [7, 11) is 0. The maximum Gasteiger partial charge on any atom is 2.00 e. The second-order valence-corrected chi connectivity index (χ2v) is 6.92. The molecule has 2 fully saturated rings. The van der Waals surface area contributed by atoms with E-state index in [-0.39, 0.29) is 33.1 Å². The van der Waals surface area contributed by atoms with Gasteiger partial charge in [0, 0.05) is 0 Å². The van der Waals surface area contributed by atoms with Crippen LogP contribution >= 0.6 is 0 Å². The van der Waals surface area contributed by atoms with E-state index in [2.05, 4.69) is 4.74 Å². The molecular formula is C16H27FN2O10Pt. The molecule has 0 spiro atoms. The Morgan fingerprint density at radius 3 is 1.83 bits per heavy atom. The molecule has 0 aromatic heterocycles. The molecule has 0 radical (unpaired) electrons. The average Bonchev–Trinajstić information content (AvgIpc) is 2.68. The first-order valence-corrected chi connectivity index (χ1v) is 8.95. The van der Waals surface area contributed by atoms with Gasteiger partial charge < -0.3 is 51.6 Å². The third kappa shape index (κ3) is 7.43. The molecule has 14 heteroatoms. The Morgan fingerprint density at radius 1 is 1.00 bits per heavy atom. The van der Waals surface area contributed by atoms with Gasteiger partial charge in [0.2, 0.25) is 0 Å². The van der Waals surface area contributed by atoms with E-state index >= 15 is 0 Å². The molecule has 1 aliphatic carbocycles. The van der Waals surface area contributed by atoms with Crippen LogP contribution in [0.25, 0.3) is 11.5 Å². The fourth-order valence-electron chi connectivity index (χ4n) is 2.75. The van der Waals surface area contributed by atoms with Crippen LogP contribution in [0.2, 0.25) is 0 Å². The third-order valence-corrected chi connectivity index (χ3v) is 4.74. The van der Waals surface area contributed by atoms with Crippen LogP contribution in [-0.2, 0) is 40.1 Å². The third-order valence-electron chi connectivity index (χ3n) is 4.74. The molecule has 2 rings (SSSR count). The van der Waals surface area contributed by atoms with Crippen LogP contribution < -0.4 is 0 Å². The van der Waals surface area contributed by atoms with Crippen molar-refractivity contribution < 1.29 is 75.2 Å². The number of hydrogen-bond donors (Lipinski definition) is 6. The van der Waals surface area contributed by atoms with Gasteiger partial charge in [-0.25, -0.2) is 14.0 Å². The number of halogens is 1. The number of aliphatic hydroxyl groups excluding tert-OH is 4. The van der Waals surface area contributed by atoms with Gasteiger partial charge in [-0.05, 0) is 0 Å². The van der Waals surface area contributed by atoms with Crippen LogP contribution in [0.15, 0.2) is 0 Å². The van der Waals surface area contributed by atoms with Crippen molar-refractivity contribution in [3.05, 3.63) is 11.5 Å². The normalized spacial score (nSPS) is 34.2. The molecule has 1 heterocycles. The number of aliphatic hydroxyl groups is 4. The van der Waals surface area contributed by atoms with E-state index in [1.165, 1.54) is 12.8 Å². The first kappa shape index (κ1) is 29.2. The van der Waals surface area contributed by atoms with Gasteiger partial charge in [-0.1, -0.05) is 25.7 Å². The number of carboxylic acids is 2. The number of carbonyl (C=O) groups is 2. The summed E-state index contributed by atoms with van der Waals surface area (Å²) in [5.74, 6) is -4.64. The van der Waals surface area contributed by atoms with E-state index in [9.17, 15) is 29.3 Å². The van der Waals surface area contributed by atoms with Gasteiger partial charge in [-0.3, -0.25) is 0 Å². The Balaban J connectivity index is 0.000000782.